The normalized spacial score (nSPS) is 33.0. The van der Waals surface area contributed by atoms with E-state index in [0.717, 1.165) is 25.3 Å². The quantitative estimate of drug-likeness (QED) is 0.791. The molecular weight excluding hydrogens is 220 g/mol. The fourth-order valence-electron chi connectivity index (χ4n) is 3.84. The van der Waals surface area contributed by atoms with E-state index in [1.807, 2.05) is 0 Å². The van der Waals surface area contributed by atoms with Crippen LogP contribution in [0.3, 0.4) is 0 Å². The van der Waals surface area contributed by atoms with Gasteiger partial charge in [0.2, 0.25) is 0 Å². The van der Waals surface area contributed by atoms with E-state index in [4.69, 9.17) is 0 Å². The molecule has 1 saturated carbocycles. The van der Waals surface area contributed by atoms with Crippen LogP contribution in [0, 0.1) is 17.2 Å². The maximum absolute atomic E-state index is 9.64. The Labute approximate surface area is 109 Å². The molecule has 0 unspecified atom stereocenters. The SMILES string of the molecule is C[C@@H](c1ccccc1)N1C[C@@H]2CCC[C@@]1(C#N)C2. The van der Waals surface area contributed by atoms with Crippen LogP contribution in [0.15, 0.2) is 30.3 Å². The van der Waals surface area contributed by atoms with Gasteiger partial charge in [-0.15, -0.1) is 0 Å². The Kier molecular flexibility index (Phi) is 2.87. The summed E-state index contributed by atoms with van der Waals surface area (Å²) >= 11 is 0. The van der Waals surface area contributed by atoms with Gasteiger partial charge in [-0.2, -0.15) is 5.26 Å². The second-order valence-corrected chi connectivity index (χ2v) is 5.84. The van der Waals surface area contributed by atoms with E-state index in [0.29, 0.717) is 6.04 Å². The summed E-state index contributed by atoms with van der Waals surface area (Å²) < 4.78 is 0. The van der Waals surface area contributed by atoms with Gasteiger partial charge in [-0.25, -0.2) is 0 Å². The predicted molar refractivity (Wildman–Crippen MR) is 71.9 cm³/mol. The molecule has 1 aromatic carbocycles. The molecule has 2 fully saturated rings. The second-order valence-electron chi connectivity index (χ2n) is 5.84. The summed E-state index contributed by atoms with van der Waals surface area (Å²) in [6, 6.07) is 13.6. The molecule has 18 heavy (non-hydrogen) atoms. The molecule has 2 aliphatic rings. The Morgan fingerprint density at radius 3 is 2.89 bits per heavy atom. The first-order chi connectivity index (χ1) is 8.75. The molecule has 1 aromatic rings. The molecule has 0 radical (unpaired) electrons. The highest BCUT2D eigenvalue weighted by Gasteiger charge is 2.49. The summed E-state index contributed by atoms with van der Waals surface area (Å²) in [6.45, 7) is 3.35. The largest absolute Gasteiger partial charge is 0.278 e. The Morgan fingerprint density at radius 2 is 2.17 bits per heavy atom. The van der Waals surface area contributed by atoms with Gasteiger partial charge in [0.1, 0.15) is 5.54 Å². The van der Waals surface area contributed by atoms with Crippen molar-refractivity contribution in [3.63, 3.8) is 0 Å². The minimum atomic E-state index is -0.182. The van der Waals surface area contributed by atoms with Crippen molar-refractivity contribution in [2.45, 2.75) is 44.2 Å². The third-order valence-electron chi connectivity index (χ3n) is 4.79. The Morgan fingerprint density at radius 1 is 1.39 bits per heavy atom. The molecule has 2 heteroatoms. The van der Waals surface area contributed by atoms with Gasteiger partial charge in [-0.3, -0.25) is 4.90 Å². The molecule has 1 saturated heterocycles. The summed E-state index contributed by atoms with van der Waals surface area (Å²) in [5, 5.41) is 9.64. The van der Waals surface area contributed by atoms with E-state index in [-0.39, 0.29) is 5.54 Å². The van der Waals surface area contributed by atoms with Crippen molar-refractivity contribution in [3.05, 3.63) is 35.9 Å². The highest BCUT2D eigenvalue weighted by atomic mass is 15.3. The maximum atomic E-state index is 9.64. The average Bonchev–Trinajstić information content (AvgIpc) is 2.70. The van der Waals surface area contributed by atoms with Crippen LogP contribution in [0.4, 0.5) is 0 Å². The first-order valence-electron chi connectivity index (χ1n) is 6.98. The minimum Gasteiger partial charge on any atom is -0.278 e. The maximum Gasteiger partial charge on any atom is 0.110 e. The molecule has 0 spiro atoms. The molecule has 1 aliphatic carbocycles. The smallest absolute Gasteiger partial charge is 0.110 e. The van der Waals surface area contributed by atoms with E-state index in [2.05, 4.69) is 48.2 Å². The number of rotatable bonds is 2. The highest BCUT2D eigenvalue weighted by molar-refractivity contribution is 5.23. The van der Waals surface area contributed by atoms with Crippen molar-refractivity contribution in [1.29, 1.82) is 5.26 Å². The Balaban J connectivity index is 1.90. The van der Waals surface area contributed by atoms with Crippen molar-refractivity contribution in [1.82, 2.24) is 4.90 Å². The number of nitriles is 1. The fourth-order valence-corrected chi connectivity index (χ4v) is 3.84. The molecule has 3 rings (SSSR count). The Bertz CT molecular complexity index is 462. The Hall–Kier alpha value is -1.33. The summed E-state index contributed by atoms with van der Waals surface area (Å²) in [4.78, 5) is 2.46. The van der Waals surface area contributed by atoms with E-state index in [9.17, 15) is 5.26 Å². The molecule has 2 bridgehead atoms. The number of benzene rings is 1. The van der Waals surface area contributed by atoms with E-state index in [1.165, 1.54) is 18.4 Å². The molecule has 0 N–H and O–H groups in total. The zero-order chi connectivity index (χ0) is 12.6. The van der Waals surface area contributed by atoms with Crippen LogP contribution in [0.2, 0.25) is 0 Å². The second kappa shape index (κ2) is 4.40. The van der Waals surface area contributed by atoms with Gasteiger partial charge in [0.25, 0.3) is 0 Å². The lowest BCUT2D eigenvalue weighted by Gasteiger charge is -2.37. The van der Waals surface area contributed by atoms with Gasteiger partial charge in [0.15, 0.2) is 0 Å². The van der Waals surface area contributed by atoms with Crippen LogP contribution in [-0.2, 0) is 0 Å². The highest BCUT2D eigenvalue weighted by Crippen LogP contribution is 2.47. The van der Waals surface area contributed by atoms with Crippen molar-refractivity contribution < 1.29 is 0 Å². The third kappa shape index (κ3) is 1.74. The molecule has 3 atom stereocenters. The van der Waals surface area contributed by atoms with Crippen LogP contribution in [0.5, 0.6) is 0 Å². The molecule has 1 aliphatic heterocycles. The number of fused-ring (bicyclic) bond motifs is 2. The van der Waals surface area contributed by atoms with E-state index >= 15 is 0 Å². The number of hydrogen-bond donors (Lipinski definition) is 0. The van der Waals surface area contributed by atoms with Crippen LogP contribution in [-0.4, -0.2) is 17.0 Å². The molecular formula is C16H20N2. The van der Waals surface area contributed by atoms with Gasteiger partial charge in [-0.05, 0) is 37.7 Å². The van der Waals surface area contributed by atoms with E-state index in [1.54, 1.807) is 0 Å². The lowest BCUT2D eigenvalue weighted by molar-refractivity contribution is 0.131. The minimum absolute atomic E-state index is 0.182. The van der Waals surface area contributed by atoms with Gasteiger partial charge in [-0.1, -0.05) is 36.8 Å². The van der Waals surface area contributed by atoms with Crippen molar-refractivity contribution in [2.24, 2.45) is 5.92 Å². The van der Waals surface area contributed by atoms with Crippen LogP contribution < -0.4 is 0 Å². The monoisotopic (exact) mass is 240 g/mol. The van der Waals surface area contributed by atoms with Gasteiger partial charge in [0.05, 0.1) is 6.07 Å². The number of nitrogens with zero attached hydrogens (tertiary/aromatic N) is 2. The standard InChI is InChI=1S/C16H20N2/c1-13(15-7-3-2-4-8-15)18-11-14-6-5-9-16(18,10-14)12-17/h2-4,7-8,13-14H,5-6,9-11H2,1H3/t13-,14+,16-/m0/s1. The zero-order valence-corrected chi connectivity index (χ0v) is 11.0. The summed E-state index contributed by atoms with van der Waals surface area (Å²) in [5.41, 5.74) is 1.15. The first kappa shape index (κ1) is 11.7. The lowest BCUT2D eigenvalue weighted by atomic mass is 9.80. The van der Waals surface area contributed by atoms with Gasteiger partial charge in [0, 0.05) is 12.6 Å². The zero-order valence-electron chi connectivity index (χ0n) is 11.0. The summed E-state index contributed by atoms with van der Waals surface area (Å²) in [6.07, 6.45) is 4.66. The van der Waals surface area contributed by atoms with Gasteiger partial charge >= 0.3 is 0 Å². The van der Waals surface area contributed by atoms with Crippen molar-refractivity contribution in [2.75, 3.05) is 6.54 Å². The summed E-state index contributed by atoms with van der Waals surface area (Å²) in [7, 11) is 0. The van der Waals surface area contributed by atoms with Crippen LogP contribution >= 0.6 is 0 Å². The third-order valence-corrected chi connectivity index (χ3v) is 4.79. The molecule has 0 amide bonds. The molecule has 2 nitrogen and oxygen atoms in total. The fraction of sp³-hybridized carbons (Fsp3) is 0.562. The number of hydrogen-bond acceptors (Lipinski definition) is 2. The van der Waals surface area contributed by atoms with Gasteiger partial charge < -0.3 is 0 Å². The van der Waals surface area contributed by atoms with Crippen LogP contribution in [0.25, 0.3) is 0 Å². The molecule has 94 valence electrons. The van der Waals surface area contributed by atoms with Crippen LogP contribution in [0.1, 0.15) is 44.2 Å². The lowest BCUT2D eigenvalue weighted by Crippen LogP contribution is -2.43. The summed E-state index contributed by atoms with van der Waals surface area (Å²) in [5.74, 6) is 0.740. The van der Waals surface area contributed by atoms with Crippen molar-refractivity contribution >= 4 is 0 Å². The van der Waals surface area contributed by atoms with E-state index < -0.39 is 0 Å². The predicted octanol–water partition coefficient (Wildman–Crippen LogP) is 3.52. The van der Waals surface area contributed by atoms with Crippen molar-refractivity contribution in [3.8, 4) is 6.07 Å². The number of likely N-dealkylation sites (tertiary alicyclic amines) is 1. The first-order valence-corrected chi connectivity index (χ1v) is 6.98. The topological polar surface area (TPSA) is 27.0 Å². The molecule has 0 aromatic heterocycles. The average molecular weight is 240 g/mol. The molecule has 1 heterocycles.